The molecule has 2 aromatic rings. The molecule has 0 aliphatic carbocycles. The van der Waals surface area contributed by atoms with Crippen molar-refractivity contribution >= 4 is 11.2 Å². The first-order chi connectivity index (χ1) is 10.8. The molecule has 2 fully saturated rings. The Bertz CT molecular complexity index is 644. The predicted octanol–water partition coefficient (Wildman–Crippen LogP) is 1.99. The van der Waals surface area contributed by atoms with E-state index in [9.17, 15) is 0 Å². The summed E-state index contributed by atoms with van der Waals surface area (Å²) in [4.78, 5) is 12.1. The van der Waals surface area contributed by atoms with Gasteiger partial charge in [0.05, 0.1) is 0 Å². The number of rotatable bonds is 3. The lowest BCUT2D eigenvalue weighted by Gasteiger charge is -2.26. The summed E-state index contributed by atoms with van der Waals surface area (Å²) in [6, 6.07) is 4.70. The molecule has 2 atom stereocenters. The lowest BCUT2D eigenvalue weighted by molar-refractivity contribution is 0.279. The number of piperidine rings is 1. The minimum atomic E-state index is 0.523. The van der Waals surface area contributed by atoms with Gasteiger partial charge in [-0.2, -0.15) is 0 Å². The molecule has 22 heavy (non-hydrogen) atoms. The number of aromatic nitrogens is 3. The van der Waals surface area contributed by atoms with Gasteiger partial charge in [-0.05, 0) is 58.0 Å². The summed E-state index contributed by atoms with van der Waals surface area (Å²) in [5.41, 5.74) is 2.10. The molecule has 0 spiro atoms. The van der Waals surface area contributed by atoms with Gasteiger partial charge in [0.1, 0.15) is 11.3 Å². The number of nitrogens with zero attached hydrogens (tertiary/aromatic N) is 4. The standard InChI is InChI=1S/C17H25N5/c1-21-10-4-6-14(21)12-22-16(13-5-2-8-18-11-13)20-15-7-3-9-19-17(15)22/h3,7,9,13-14,18H,2,4-6,8,10-12H2,1H3. The van der Waals surface area contributed by atoms with Crippen molar-refractivity contribution in [3.05, 3.63) is 24.2 Å². The van der Waals surface area contributed by atoms with Crippen molar-refractivity contribution in [1.82, 2.24) is 24.8 Å². The third-order valence-corrected chi connectivity index (χ3v) is 5.26. The zero-order valence-corrected chi connectivity index (χ0v) is 13.3. The van der Waals surface area contributed by atoms with E-state index in [4.69, 9.17) is 4.98 Å². The Morgan fingerprint density at radius 3 is 3.05 bits per heavy atom. The maximum atomic E-state index is 4.95. The average Bonchev–Trinajstić information content (AvgIpc) is 3.13. The molecule has 4 heterocycles. The summed E-state index contributed by atoms with van der Waals surface area (Å²) in [6.45, 7) is 4.42. The molecule has 2 aliphatic rings. The van der Waals surface area contributed by atoms with Crippen molar-refractivity contribution in [2.45, 2.75) is 44.2 Å². The average molecular weight is 299 g/mol. The van der Waals surface area contributed by atoms with Gasteiger partial charge in [0.2, 0.25) is 0 Å². The van der Waals surface area contributed by atoms with E-state index in [1.54, 1.807) is 0 Å². The van der Waals surface area contributed by atoms with Crippen LogP contribution in [0.3, 0.4) is 0 Å². The van der Waals surface area contributed by atoms with Crippen molar-refractivity contribution in [3.63, 3.8) is 0 Å². The highest BCUT2D eigenvalue weighted by Crippen LogP contribution is 2.28. The first kappa shape index (κ1) is 14.2. The Labute approximate surface area is 131 Å². The number of imidazole rings is 1. The quantitative estimate of drug-likeness (QED) is 0.941. The van der Waals surface area contributed by atoms with E-state index in [1.165, 1.54) is 38.1 Å². The molecule has 5 heteroatoms. The number of fused-ring (bicyclic) bond motifs is 1. The van der Waals surface area contributed by atoms with Crippen LogP contribution in [0.25, 0.3) is 11.2 Å². The fraction of sp³-hybridized carbons (Fsp3) is 0.647. The highest BCUT2D eigenvalue weighted by molar-refractivity contribution is 5.71. The van der Waals surface area contributed by atoms with Crippen LogP contribution in [-0.2, 0) is 6.54 Å². The van der Waals surface area contributed by atoms with Gasteiger partial charge in [-0.25, -0.2) is 9.97 Å². The lowest BCUT2D eigenvalue weighted by atomic mass is 9.98. The van der Waals surface area contributed by atoms with Gasteiger partial charge in [0, 0.05) is 31.2 Å². The van der Waals surface area contributed by atoms with Crippen LogP contribution in [0, 0.1) is 0 Å². The molecule has 0 aromatic carbocycles. The number of nitrogens with one attached hydrogen (secondary N) is 1. The minimum Gasteiger partial charge on any atom is -0.316 e. The maximum Gasteiger partial charge on any atom is 0.160 e. The molecule has 5 nitrogen and oxygen atoms in total. The molecule has 2 aromatic heterocycles. The van der Waals surface area contributed by atoms with Gasteiger partial charge < -0.3 is 14.8 Å². The minimum absolute atomic E-state index is 0.523. The third kappa shape index (κ3) is 2.52. The normalized spacial score (nSPS) is 26.8. The molecule has 0 bridgehead atoms. The Morgan fingerprint density at radius 2 is 2.27 bits per heavy atom. The van der Waals surface area contributed by atoms with E-state index in [-0.39, 0.29) is 0 Å². The van der Waals surface area contributed by atoms with Gasteiger partial charge in [0.15, 0.2) is 5.65 Å². The van der Waals surface area contributed by atoms with Crippen molar-refractivity contribution < 1.29 is 0 Å². The molecule has 1 N–H and O–H groups in total. The van der Waals surface area contributed by atoms with E-state index in [1.807, 2.05) is 12.3 Å². The lowest BCUT2D eigenvalue weighted by Crippen LogP contribution is -2.33. The molecule has 0 amide bonds. The molecule has 2 aliphatic heterocycles. The van der Waals surface area contributed by atoms with E-state index in [0.717, 1.165) is 30.8 Å². The van der Waals surface area contributed by atoms with Crippen molar-refractivity contribution in [2.75, 3.05) is 26.7 Å². The van der Waals surface area contributed by atoms with E-state index in [2.05, 4.69) is 32.9 Å². The topological polar surface area (TPSA) is 46.0 Å². The highest BCUT2D eigenvalue weighted by Gasteiger charge is 2.27. The first-order valence-corrected chi connectivity index (χ1v) is 8.55. The van der Waals surface area contributed by atoms with E-state index < -0.39 is 0 Å². The zero-order valence-electron chi connectivity index (χ0n) is 13.3. The number of likely N-dealkylation sites (N-methyl/N-ethyl adjacent to an activating group) is 1. The Morgan fingerprint density at radius 1 is 1.32 bits per heavy atom. The number of hydrogen-bond acceptors (Lipinski definition) is 4. The summed E-state index contributed by atoms with van der Waals surface area (Å²) >= 11 is 0. The van der Waals surface area contributed by atoms with Gasteiger partial charge in [0.25, 0.3) is 0 Å². The molecule has 4 rings (SSSR count). The Balaban J connectivity index is 1.72. The molecular formula is C17H25N5. The van der Waals surface area contributed by atoms with Crippen LogP contribution in [-0.4, -0.2) is 52.2 Å². The smallest absolute Gasteiger partial charge is 0.160 e. The van der Waals surface area contributed by atoms with Crippen molar-refractivity contribution in [1.29, 1.82) is 0 Å². The third-order valence-electron chi connectivity index (χ3n) is 5.26. The van der Waals surface area contributed by atoms with Crippen molar-refractivity contribution in [2.24, 2.45) is 0 Å². The fourth-order valence-corrected chi connectivity index (χ4v) is 3.96. The second-order valence-electron chi connectivity index (χ2n) is 6.75. The second kappa shape index (κ2) is 5.97. The largest absolute Gasteiger partial charge is 0.316 e. The van der Waals surface area contributed by atoms with Crippen LogP contribution in [0.1, 0.15) is 37.4 Å². The highest BCUT2D eigenvalue weighted by atomic mass is 15.2. The van der Waals surface area contributed by atoms with E-state index >= 15 is 0 Å². The molecule has 2 unspecified atom stereocenters. The Hall–Kier alpha value is -1.46. The summed E-state index contributed by atoms with van der Waals surface area (Å²) in [7, 11) is 2.24. The zero-order chi connectivity index (χ0) is 14.9. The summed E-state index contributed by atoms with van der Waals surface area (Å²) < 4.78 is 2.40. The predicted molar refractivity (Wildman–Crippen MR) is 88.0 cm³/mol. The fourth-order valence-electron chi connectivity index (χ4n) is 3.96. The molecule has 2 saturated heterocycles. The molecular weight excluding hydrogens is 274 g/mol. The molecule has 0 saturated carbocycles. The SMILES string of the molecule is CN1CCCC1Cn1c(C2CCCNC2)nc2cccnc21. The van der Waals surface area contributed by atoms with Crippen LogP contribution in [0.15, 0.2) is 18.3 Å². The maximum absolute atomic E-state index is 4.95. The summed E-state index contributed by atoms with van der Waals surface area (Å²) in [5, 5.41) is 3.52. The summed E-state index contributed by atoms with van der Waals surface area (Å²) in [5.74, 6) is 1.76. The van der Waals surface area contributed by atoms with Crippen LogP contribution in [0.4, 0.5) is 0 Å². The molecule has 0 radical (unpaired) electrons. The monoisotopic (exact) mass is 299 g/mol. The second-order valence-corrected chi connectivity index (χ2v) is 6.75. The van der Waals surface area contributed by atoms with Gasteiger partial charge in [-0.3, -0.25) is 0 Å². The first-order valence-electron chi connectivity index (χ1n) is 8.55. The van der Waals surface area contributed by atoms with Gasteiger partial charge in [-0.1, -0.05) is 0 Å². The number of pyridine rings is 1. The van der Waals surface area contributed by atoms with Gasteiger partial charge >= 0.3 is 0 Å². The van der Waals surface area contributed by atoms with Gasteiger partial charge in [-0.15, -0.1) is 0 Å². The summed E-state index contributed by atoms with van der Waals surface area (Å²) in [6.07, 6.45) is 6.95. The van der Waals surface area contributed by atoms with E-state index in [0.29, 0.717) is 12.0 Å². The molecule has 118 valence electrons. The Kier molecular flexibility index (Phi) is 3.84. The van der Waals surface area contributed by atoms with Crippen LogP contribution < -0.4 is 5.32 Å². The number of hydrogen-bond donors (Lipinski definition) is 1. The van der Waals surface area contributed by atoms with Crippen LogP contribution >= 0.6 is 0 Å². The van der Waals surface area contributed by atoms with Crippen LogP contribution in [0.5, 0.6) is 0 Å². The number of likely N-dealkylation sites (tertiary alicyclic amines) is 1. The van der Waals surface area contributed by atoms with Crippen LogP contribution in [0.2, 0.25) is 0 Å². The van der Waals surface area contributed by atoms with Crippen molar-refractivity contribution in [3.8, 4) is 0 Å².